The zero-order valence-corrected chi connectivity index (χ0v) is 30.0. The van der Waals surface area contributed by atoms with Crippen LogP contribution in [0.2, 0.25) is 19.6 Å². The molecule has 0 aliphatic heterocycles. The SMILES string of the molecule is C[Si](C)(C)c1ccc(-c2[c-]cccc2)nc1.[2H]C([2H])([2H])c1cc(-c2ccccc2)cc2c1oc1c(-c3cc(C([2H])(C)C)ccn3)[c-]ccc12.[Ir]. The number of hydrogen-bond acceptors (Lipinski definition) is 3. The van der Waals surface area contributed by atoms with E-state index >= 15 is 0 Å². The van der Waals surface area contributed by atoms with Crippen LogP contribution in [0.25, 0.3) is 55.6 Å². The second-order valence-electron chi connectivity index (χ2n) is 12.4. The normalized spacial score (nSPS) is 13.1. The first-order valence-electron chi connectivity index (χ1n) is 17.1. The van der Waals surface area contributed by atoms with Gasteiger partial charge in [-0.05, 0) is 64.2 Å². The van der Waals surface area contributed by atoms with Crippen LogP contribution in [0.15, 0.2) is 120 Å². The number of benzene rings is 4. The molecule has 0 atom stereocenters. The maximum absolute atomic E-state index is 8.36. The molecule has 7 aromatic rings. The van der Waals surface area contributed by atoms with Crippen LogP contribution in [-0.4, -0.2) is 18.0 Å². The van der Waals surface area contributed by atoms with E-state index in [0.29, 0.717) is 22.4 Å². The van der Waals surface area contributed by atoms with E-state index in [0.717, 1.165) is 38.7 Å². The molecule has 233 valence electrons. The number of furan rings is 1. The Morgan fingerprint density at radius 1 is 0.761 bits per heavy atom. The van der Waals surface area contributed by atoms with Crippen LogP contribution in [-0.2, 0) is 20.1 Å². The van der Waals surface area contributed by atoms with Crippen molar-refractivity contribution in [3.63, 3.8) is 0 Å². The van der Waals surface area contributed by atoms with E-state index in [-0.39, 0.29) is 25.7 Å². The average Bonchev–Trinajstić information content (AvgIpc) is 3.47. The monoisotopic (exact) mass is 799 g/mol. The minimum atomic E-state index is -2.34. The summed E-state index contributed by atoms with van der Waals surface area (Å²) >= 11 is 0. The number of nitrogens with zero attached hydrogens (tertiary/aromatic N) is 2. The van der Waals surface area contributed by atoms with E-state index in [4.69, 9.17) is 9.90 Å². The molecule has 4 aromatic carbocycles. The van der Waals surface area contributed by atoms with Crippen molar-refractivity contribution in [2.24, 2.45) is 0 Å². The summed E-state index contributed by atoms with van der Waals surface area (Å²) < 4.78 is 39.0. The van der Waals surface area contributed by atoms with E-state index < -0.39 is 20.8 Å². The van der Waals surface area contributed by atoms with Gasteiger partial charge in [0.2, 0.25) is 0 Å². The molecule has 0 spiro atoms. The summed E-state index contributed by atoms with van der Waals surface area (Å²) in [7, 11) is -1.23. The molecule has 0 unspecified atom stereocenters. The van der Waals surface area contributed by atoms with Crippen LogP contribution < -0.4 is 5.19 Å². The molecule has 0 saturated carbocycles. The molecule has 7 rings (SSSR count). The molecule has 0 fully saturated rings. The number of hydrogen-bond donors (Lipinski definition) is 0. The quantitative estimate of drug-likeness (QED) is 0.129. The smallest absolute Gasteiger partial charge is 0.123 e. The van der Waals surface area contributed by atoms with Gasteiger partial charge in [-0.3, -0.25) is 0 Å². The van der Waals surface area contributed by atoms with E-state index in [1.807, 2.05) is 98.9 Å². The summed E-state index contributed by atoms with van der Waals surface area (Å²) in [5.41, 5.74) is 6.99. The number of rotatable bonds is 5. The maximum atomic E-state index is 8.36. The van der Waals surface area contributed by atoms with Crippen molar-refractivity contribution in [3.8, 4) is 33.6 Å². The van der Waals surface area contributed by atoms with Gasteiger partial charge in [0.15, 0.2) is 0 Å². The van der Waals surface area contributed by atoms with Crippen LogP contribution >= 0.6 is 0 Å². The van der Waals surface area contributed by atoms with Crippen molar-refractivity contribution in [3.05, 3.63) is 139 Å². The molecule has 3 nitrogen and oxygen atoms in total. The third-order valence-electron chi connectivity index (χ3n) is 7.85. The van der Waals surface area contributed by atoms with Gasteiger partial charge in [0.25, 0.3) is 0 Å². The molecule has 3 aromatic heterocycles. The van der Waals surface area contributed by atoms with E-state index in [1.165, 1.54) is 5.19 Å². The first kappa shape index (κ1) is 28.1. The Hall–Kier alpha value is -4.15. The van der Waals surface area contributed by atoms with Gasteiger partial charge in [0.05, 0.1) is 13.7 Å². The number of aromatic nitrogens is 2. The number of pyridine rings is 2. The Kier molecular flexibility index (Phi) is 8.61. The average molecular weight is 799 g/mol. The van der Waals surface area contributed by atoms with Crippen molar-refractivity contribution in [2.75, 3.05) is 0 Å². The Morgan fingerprint density at radius 2 is 1.57 bits per heavy atom. The standard InChI is InChI=1S/C27H22NO.C14H16NSi.Ir/c1-17(2)20-12-13-28-25(16-20)23-11-7-10-22-24-15-21(19-8-5-4-6-9-19)14-18(3)26(24)29-27(22)23;1-16(2,3)13-9-10-14(15-11-13)12-7-5-4-6-8-12;/h4-10,12-17H,1-3H3;4-7,9-11H,1-3H3;/q2*-1;/i3D3,17D;;. The molecule has 0 N–H and O–H groups in total. The molecule has 5 heteroatoms. The molecule has 0 saturated heterocycles. The number of aryl methyl sites for hydroxylation is 1. The predicted molar refractivity (Wildman–Crippen MR) is 192 cm³/mol. The summed E-state index contributed by atoms with van der Waals surface area (Å²) in [5.74, 6) is -0.779. The van der Waals surface area contributed by atoms with Crippen molar-refractivity contribution < 1.29 is 30.0 Å². The fourth-order valence-electron chi connectivity index (χ4n) is 5.26. The van der Waals surface area contributed by atoms with Gasteiger partial charge in [-0.25, -0.2) is 0 Å². The van der Waals surface area contributed by atoms with Crippen molar-refractivity contribution in [1.82, 2.24) is 9.97 Å². The summed E-state index contributed by atoms with van der Waals surface area (Å²) in [6.45, 7) is 8.31. The zero-order valence-electron chi connectivity index (χ0n) is 30.6. The van der Waals surface area contributed by atoms with Crippen molar-refractivity contribution in [2.45, 2.75) is 46.2 Å². The largest absolute Gasteiger partial charge is 0.500 e. The van der Waals surface area contributed by atoms with Crippen LogP contribution in [0.5, 0.6) is 0 Å². The molecule has 1 radical (unpaired) electrons. The van der Waals surface area contributed by atoms with Gasteiger partial charge in [-0.1, -0.05) is 98.5 Å². The first-order valence-corrected chi connectivity index (χ1v) is 18.6. The third kappa shape index (κ3) is 7.13. The third-order valence-corrected chi connectivity index (χ3v) is 9.88. The maximum Gasteiger partial charge on any atom is 0.123 e. The minimum Gasteiger partial charge on any atom is -0.500 e. The van der Waals surface area contributed by atoms with Gasteiger partial charge >= 0.3 is 0 Å². The van der Waals surface area contributed by atoms with Crippen molar-refractivity contribution in [1.29, 1.82) is 0 Å². The molecule has 0 aliphatic rings. The van der Waals surface area contributed by atoms with Gasteiger partial charge in [-0.2, -0.15) is 0 Å². The van der Waals surface area contributed by atoms with E-state index in [9.17, 15) is 0 Å². The molecule has 0 bridgehead atoms. The van der Waals surface area contributed by atoms with Crippen LogP contribution in [0.3, 0.4) is 0 Å². The van der Waals surface area contributed by atoms with E-state index in [2.05, 4.69) is 53.9 Å². The summed E-state index contributed by atoms with van der Waals surface area (Å²) in [4.78, 5) is 9.01. The fraction of sp³-hybridized carbons (Fsp3) is 0.171. The zero-order chi connectivity index (χ0) is 35.0. The van der Waals surface area contributed by atoms with Crippen molar-refractivity contribution >= 4 is 35.2 Å². The molecule has 0 aliphatic carbocycles. The second-order valence-corrected chi connectivity index (χ2v) is 17.4. The molecular formula is C41H38IrN2OSi-2. The number of fused-ring (bicyclic) bond motifs is 3. The minimum absolute atomic E-state index is 0. The summed E-state index contributed by atoms with van der Waals surface area (Å²) in [5, 5.41) is 2.94. The Morgan fingerprint density at radius 3 is 2.24 bits per heavy atom. The van der Waals surface area contributed by atoms with E-state index in [1.54, 1.807) is 18.3 Å². The molecule has 46 heavy (non-hydrogen) atoms. The predicted octanol–water partition coefficient (Wildman–Crippen LogP) is 10.6. The van der Waals surface area contributed by atoms with Gasteiger partial charge in [-0.15, -0.1) is 54.1 Å². The van der Waals surface area contributed by atoms with Crippen LogP contribution in [0.1, 0.15) is 36.4 Å². The Balaban J connectivity index is 0.000000241. The molecule has 0 amide bonds. The molecular weight excluding hydrogens is 757 g/mol. The van der Waals surface area contributed by atoms with Gasteiger partial charge < -0.3 is 14.4 Å². The van der Waals surface area contributed by atoms with Crippen LogP contribution in [0, 0.1) is 19.0 Å². The Labute approximate surface area is 292 Å². The van der Waals surface area contributed by atoms with Gasteiger partial charge in [0, 0.05) is 43.4 Å². The first-order chi connectivity index (χ1) is 23.2. The second kappa shape index (κ2) is 14.1. The fourth-order valence-corrected chi connectivity index (χ4v) is 6.29. The van der Waals surface area contributed by atoms with Gasteiger partial charge in [0.1, 0.15) is 5.58 Å². The Bertz CT molecular complexity index is 2220. The summed E-state index contributed by atoms with van der Waals surface area (Å²) in [6, 6.07) is 39.4. The molecule has 3 heterocycles. The summed E-state index contributed by atoms with van der Waals surface area (Å²) in [6.07, 6.45) is 3.69. The topological polar surface area (TPSA) is 38.9 Å². The van der Waals surface area contributed by atoms with Crippen LogP contribution in [0.4, 0.5) is 0 Å².